The van der Waals surface area contributed by atoms with Crippen LogP contribution in [0.1, 0.15) is 5.56 Å². The van der Waals surface area contributed by atoms with Gasteiger partial charge in [0.1, 0.15) is 5.75 Å². The number of sulfonamides is 1. The van der Waals surface area contributed by atoms with E-state index < -0.39 is 14.9 Å². The van der Waals surface area contributed by atoms with E-state index in [2.05, 4.69) is 4.72 Å². The van der Waals surface area contributed by atoms with Crippen molar-refractivity contribution in [3.63, 3.8) is 0 Å². The SMILES string of the molecule is N#Cc1ccc(NS(=O)(=O)c2cc(Cl)c(Oc3ccc([N+](=O)[O-])cc3Cl)c(Cl)c2)cc1. The average molecular weight is 499 g/mol. The molecule has 3 aromatic carbocycles. The van der Waals surface area contributed by atoms with Crippen LogP contribution in [-0.2, 0) is 10.0 Å². The number of benzene rings is 3. The van der Waals surface area contributed by atoms with Gasteiger partial charge in [-0.1, -0.05) is 34.8 Å². The molecule has 0 unspecified atom stereocenters. The number of nitrogens with one attached hydrogen (secondary N) is 1. The topological polar surface area (TPSA) is 122 Å². The third kappa shape index (κ3) is 5.18. The second-order valence-electron chi connectivity index (χ2n) is 5.98. The molecule has 0 aliphatic heterocycles. The molecule has 3 aromatic rings. The van der Waals surface area contributed by atoms with Crippen LogP contribution in [0.15, 0.2) is 59.5 Å². The minimum Gasteiger partial charge on any atom is -0.453 e. The quantitative estimate of drug-likeness (QED) is 0.327. The minimum atomic E-state index is -4.05. The number of rotatable bonds is 6. The molecule has 0 radical (unpaired) electrons. The van der Waals surface area contributed by atoms with Crippen molar-refractivity contribution >= 4 is 56.2 Å². The van der Waals surface area contributed by atoms with Gasteiger partial charge in [-0.2, -0.15) is 5.26 Å². The summed E-state index contributed by atoms with van der Waals surface area (Å²) in [5, 5.41) is 19.3. The molecule has 0 amide bonds. The van der Waals surface area contributed by atoms with Crippen LogP contribution >= 0.6 is 34.8 Å². The van der Waals surface area contributed by atoms with Gasteiger partial charge in [-0.15, -0.1) is 0 Å². The molecule has 12 heteroatoms. The summed E-state index contributed by atoms with van der Waals surface area (Å²) in [6, 6.07) is 13.5. The van der Waals surface area contributed by atoms with Crippen molar-refractivity contribution in [3.05, 3.63) is 85.3 Å². The summed E-state index contributed by atoms with van der Waals surface area (Å²) in [5.41, 5.74) is 0.384. The van der Waals surface area contributed by atoms with E-state index in [9.17, 15) is 18.5 Å². The number of anilines is 1. The van der Waals surface area contributed by atoms with Gasteiger partial charge < -0.3 is 4.74 Å². The van der Waals surface area contributed by atoms with Crippen molar-refractivity contribution in [2.24, 2.45) is 0 Å². The Morgan fingerprint density at radius 3 is 2.10 bits per heavy atom. The van der Waals surface area contributed by atoms with E-state index in [-0.39, 0.29) is 42.8 Å². The largest absolute Gasteiger partial charge is 0.453 e. The van der Waals surface area contributed by atoms with Crippen LogP contribution in [0.4, 0.5) is 11.4 Å². The van der Waals surface area contributed by atoms with Crippen LogP contribution in [0.5, 0.6) is 11.5 Å². The third-order valence-corrected chi connectivity index (χ3v) is 6.10. The highest BCUT2D eigenvalue weighted by Gasteiger charge is 2.21. The fourth-order valence-electron chi connectivity index (χ4n) is 2.41. The lowest BCUT2D eigenvalue weighted by molar-refractivity contribution is -0.384. The molecule has 0 heterocycles. The second-order valence-corrected chi connectivity index (χ2v) is 8.89. The van der Waals surface area contributed by atoms with E-state index in [0.717, 1.165) is 18.2 Å². The fourth-order valence-corrected chi connectivity index (χ4v) is 4.43. The molecular formula is C19H10Cl3N3O5S. The van der Waals surface area contributed by atoms with Crippen LogP contribution in [0.3, 0.4) is 0 Å². The van der Waals surface area contributed by atoms with Crippen LogP contribution in [0.25, 0.3) is 0 Å². The van der Waals surface area contributed by atoms with Crippen molar-refractivity contribution in [1.82, 2.24) is 0 Å². The lowest BCUT2D eigenvalue weighted by atomic mass is 10.2. The van der Waals surface area contributed by atoms with E-state index in [0.29, 0.717) is 5.56 Å². The van der Waals surface area contributed by atoms with Crippen molar-refractivity contribution < 1.29 is 18.1 Å². The van der Waals surface area contributed by atoms with Gasteiger partial charge in [-0.05, 0) is 42.5 Å². The minimum absolute atomic E-state index is 0.0439. The highest BCUT2D eigenvalue weighted by Crippen LogP contribution is 2.41. The fraction of sp³-hybridized carbons (Fsp3) is 0. The van der Waals surface area contributed by atoms with Gasteiger partial charge in [0, 0.05) is 17.8 Å². The Kier molecular flexibility index (Phi) is 6.57. The van der Waals surface area contributed by atoms with E-state index in [1.54, 1.807) is 0 Å². The van der Waals surface area contributed by atoms with Gasteiger partial charge in [-0.25, -0.2) is 8.42 Å². The monoisotopic (exact) mass is 497 g/mol. The van der Waals surface area contributed by atoms with Crippen molar-refractivity contribution in [2.45, 2.75) is 4.90 Å². The summed E-state index contributed by atoms with van der Waals surface area (Å²) in [6.45, 7) is 0. The predicted molar refractivity (Wildman–Crippen MR) is 117 cm³/mol. The summed E-state index contributed by atoms with van der Waals surface area (Å²) in [7, 11) is -4.05. The average Bonchev–Trinajstić information content (AvgIpc) is 2.71. The third-order valence-electron chi connectivity index (χ3n) is 3.89. The number of non-ortho nitro benzene ring substituents is 1. The number of nitro benzene ring substituents is 1. The zero-order valence-electron chi connectivity index (χ0n) is 15.2. The Morgan fingerprint density at radius 1 is 0.968 bits per heavy atom. The first kappa shape index (κ1) is 22.7. The molecule has 158 valence electrons. The Balaban J connectivity index is 1.89. The van der Waals surface area contributed by atoms with Gasteiger partial charge >= 0.3 is 0 Å². The van der Waals surface area contributed by atoms with Crippen molar-refractivity contribution in [3.8, 4) is 17.6 Å². The number of hydrogen-bond acceptors (Lipinski definition) is 6. The first-order chi connectivity index (χ1) is 14.6. The molecule has 0 aliphatic carbocycles. The molecular weight excluding hydrogens is 489 g/mol. The highest BCUT2D eigenvalue weighted by atomic mass is 35.5. The first-order valence-corrected chi connectivity index (χ1v) is 10.9. The first-order valence-electron chi connectivity index (χ1n) is 8.24. The molecule has 0 aliphatic rings. The van der Waals surface area contributed by atoms with Gasteiger partial charge in [0.2, 0.25) is 0 Å². The molecule has 31 heavy (non-hydrogen) atoms. The van der Waals surface area contributed by atoms with Gasteiger partial charge in [0.15, 0.2) is 5.75 Å². The lowest BCUT2D eigenvalue weighted by Gasteiger charge is -2.13. The maximum atomic E-state index is 12.7. The Labute approximate surface area is 191 Å². The normalized spacial score (nSPS) is 10.9. The number of nitriles is 1. The molecule has 8 nitrogen and oxygen atoms in total. The van der Waals surface area contributed by atoms with E-state index >= 15 is 0 Å². The smallest absolute Gasteiger partial charge is 0.271 e. The molecule has 0 spiro atoms. The summed E-state index contributed by atoms with van der Waals surface area (Å²) in [6.07, 6.45) is 0. The Bertz CT molecular complexity index is 1300. The summed E-state index contributed by atoms with van der Waals surface area (Å²) < 4.78 is 33.2. The van der Waals surface area contributed by atoms with Gasteiger partial charge in [0.05, 0.1) is 36.5 Å². The lowest BCUT2D eigenvalue weighted by Crippen LogP contribution is -2.13. The maximum absolute atomic E-state index is 12.7. The van der Waals surface area contributed by atoms with E-state index in [1.807, 2.05) is 6.07 Å². The molecule has 0 aromatic heterocycles. The standard InChI is InChI=1S/C19H10Cl3N3O5S/c20-15-7-13(25(26)27)5-6-18(15)30-19-16(21)8-14(9-17(19)22)31(28,29)24-12-3-1-11(10-23)2-4-12/h1-9,24H. The zero-order valence-corrected chi connectivity index (χ0v) is 18.3. The molecule has 0 saturated carbocycles. The predicted octanol–water partition coefficient (Wildman–Crippen LogP) is 6.02. The Hall–Kier alpha value is -3.03. The molecule has 0 fully saturated rings. The molecule has 0 bridgehead atoms. The van der Waals surface area contributed by atoms with Gasteiger partial charge in [-0.3, -0.25) is 14.8 Å². The number of ether oxygens (including phenoxy) is 1. The molecule has 3 rings (SSSR count). The van der Waals surface area contributed by atoms with E-state index in [1.165, 1.54) is 36.4 Å². The number of halogens is 3. The van der Waals surface area contributed by atoms with Crippen LogP contribution in [-0.4, -0.2) is 13.3 Å². The number of nitro groups is 1. The van der Waals surface area contributed by atoms with Crippen molar-refractivity contribution in [2.75, 3.05) is 4.72 Å². The Morgan fingerprint density at radius 2 is 1.58 bits per heavy atom. The summed E-state index contributed by atoms with van der Waals surface area (Å²) >= 11 is 18.4. The van der Waals surface area contributed by atoms with E-state index in [4.69, 9.17) is 44.8 Å². The second kappa shape index (κ2) is 8.99. The van der Waals surface area contributed by atoms with Crippen LogP contribution in [0, 0.1) is 21.4 Å². The molecule has 0 atom stereocenters. The van der Waals surface area contributed by atoms with Crippen LogP contribution < -0.4 is 9.46 Å². The van der Waals surface area contributed by atoms with Crippen molar-refractivity contribution in [1.29, 1.82) is 5.26 Å². The molecule has 1 N–H and O–H groups in total. The maximum Gasteiger partial charge on any atom is 0.271 e. The summed E-state index contributed by atoms with van der Waals surface area (Å²) in [5.74, 6) is -0.0289. The number of hydrogen-bond donors (Lipinski definition) is 1. The van der Waals surface area contributed by atoms with Crippen LogP contribution in [0.2, 0.25) is 15.1 Å². The highest BCUT2D eigenvalue weighted by molar-refractivity contribution is 7.92. The number of nitrogens with zero attached hydrogens (tertiary/aromatic N) is 2. The summed E-state index contributed by atoms with van der Waals surface area (Å²) in [4.78, 5) is 9.97. The molecule has 0 saturated heterocycles. The van der Waals surface area contributed by atoms with Gasteiger partial charge in [0.25, 0.3) is 15.7 Å². The zero-order chi connectivity index (χ0) is 22.8.